The molecule has 3 aromatic rings. The van der Waals surface area contributed by atoms with E-state index in [4.69, 9.17) is 10.7 Å². The molecule has 3 heterocycles. The normalized spacial score (nSPS) is 10.7. The molecule has 0 bridgehead atoms. The van der Waals surface area contributed by atoms with Gasteiger partial charge in [0.05, 0.1) is 5.69 Å². The lowest BCUT2D eigenvalue weighted by atomic mass is 10.2. The van der Waals surface area contributed by atoms with Crippen LogP contribution in [0, 0.1) is 0 Å². The summed E-state index contributed by atoms with van der Waals surface area (Å²) in [6.07, 6.45) is 6.15. The van der Waals surface area contributed by atoms with Gasteiger partial charge < -0.3 is 5.73 Å². The molecule has 0 saturated carbocycles. The Morgan fingerprint density at radius 1 is 1.05 bits per heavy atom. The molecule has 3 rings (SSSR count). The summed E-state index contributed by atoms with van der Waals surface area (Å²) in [5.41, 5.74) is 8.61. The second-order valence-corrected chi connectivity index (χ2v) is 5.36. The van der Waals surface area contributed by atoms with E-state index in [0.717, 1.165) is 28.4 Å². The third-order valence-electron chi connectivity index (χ3n) is 2.90. The molecule has 0 aliphatic heterocycles. The molecule has 4 nitrogen and oxygen atoms in total. The maximum atomic E-state index is 5.70. The van der Waals surface area contributed by atoms with Crippen LogP contribution in [0.2, 0.25) is 0 Å². The monoisotopic (exact) mass is 282 g/mol. The van der Waals surface area contributed by atoms with Crippen LogP contribution in [0.25, 0.3) is 22.0 Å². The average Bonchev–Trinajstić information content (AvgIpc) is 2.94. The first kappa shape index (κ1) is 12.9. The van der Waals surface area contributed by atoms with Crippen molar-refractivity contribution in [1.29, 1.82) is 0 Å². The smallest absolute Gasteiger partial charge is 0.124 e. The highest BCUT2D eigenvalue weighted by Crippen LogP contribution is 2.32. The number of hydrogen-bond acceptors (Lipinski definition) is 5. The second kappa shape index (κ2) is 5.90. The molecule has 0 spiro atoms. The number of rotatable bonds is 4. The Bertz CT molecular complexity index is 680. The van der Waals surface area contributed by atoms with Crippen LogP contribution in [0.15, 0.2) is 48.9 Å². The van der Waals surface area contributed by atoms with E-state index < -0.39 is 0 Å². The number of aromatic nitrogens is 3. The van der Waals surface area contributed by atoms with E-state index in [-0.39, 0.29) is 0 Å². The molecule has 3 aromatic heterocycles. The highest BCUT2D eigenvalue weighted by atomic mass is 32.1. The maximum absolute atomic E-state index is 5.70. The fourth-order valence-electron chi connectivity index (χ4n) is 1.97. The van der Waals surface area contributed by atoms with Gasteiger partial charge in [0.25, 0.3) is 0 Å². The SMILES string of the molecule is NCCc1sc(-c2ccncc2)nc1-c1ccccn1. The van der Waals surface area contributed by atoms with Gasteiger partial charge in [-0.05, 0) is 37.2 Å². The van der Waals surface area contributed by atoms with Gasteiger partial charge in [-0.3, -0.25) is 9.97 Å². The number of nitrogens with zero attached hydrogens (tertiary/aromatic N) is 3. The zero-order chi connectivity index (χ0) is 13.8. The van der Waals surface area contributed by atoms with E-state index in [2.05, 4.69) is 9.97 Å². The summed E-state index contributed by atoms with van der Waals surface area (Å²) >= 11 is 1.67. The van der Waals surface area contributed by atoms with Gasteiger partial charge in [0.1, 0.15) is 10.7 Å². The molecular weight excluding hydrogens is 268 g/mol. The van der Waals surface area contributed by atoms with Gasteiger partial charge in [-0.1, -0.05) is 6.07 Å². The van der Waals surface area contributed by atoms with Crippen molar-refractivity contribution in [3.63, 3.8) is 0 Å². The third kappa shape index (κ3) is 2.59. The number of nitrogens with two attached hydrogens (primary N) is 1. The molecule has 0 saturated heterocycles. The molecule has 0 aliphatic rings. The van der Waals surface area contributed by atoms with Crippen molar-refractivity contribution in [2.24, 2.45) is 5.73 Å². The zero-order valence-corrected chi connectivity index (χ0v) is 11.7. The highest BCUT2D eigenvalue weighted by Gasteiger charge is 2.14. The summed E-state index contributed by atoms with van der Waals surface area (Å²) in [7, 11) is 0. The van der Waals surface area contributed by atoms with Crippen molar-refractivity contribution in [2.45, 2.75) is 6.42 Å². The lowest BCUT2D eigenvalue weighted by molar-refractivity contribution is 0.984. The Morgan fingerprint density at radius 2 is 1.90 bits per heavy atom. The summed E-state index contributed by atoms with van der Waals surface area (Å²) in [5.74, 6) is 0. The summed E-state index contributed by atoms with van der Waals surface area (Å²) in [6, 6.07) is 9.79. The van der Waals surface area contributed by atoms with Gasteiger partial charge in [-0.2, -0.15) is 0 Å². The summed E-state index contributed by atoms with van der Waals surface area (Å²) in [6.45, 7) is 0.609. The van der Waals surface area contributed by atoms with E-state index >= 15 is 0 Å². The topological polar surface area (TPSA) is 64.7 Å². The molecule has 20 heavy (non-hydrogen) atoms. The standard InChI is InChI=1S/C15H14N4S/c16-7-4-13-14(12-3-1-2-8-18-12)19-15(20-13)11-5-9-17-10-6-11/h1-3,5-6,8-10H,4,7,16H2. The van der Waals surface area contributed by atoms with Crippen LogP contribution in [0.3, 0.4) is 0 Å². The van der Waals surface area contributed by atoms with Crippen LogP contribution in [0.1, 0.15) is 4.88 Å². The van der Waals surface area contributed by atoms with Crippen LogP contribution in [0.4, 0.5) is 0 Å². The Morgan fingerprint density at radius 3 is 2.60 bits per heavy atom. The summed E-state index contributed by atoms with van der Waals surface area (Å²) in [5, 5.41) is 0.983. The van der Waals surface area contributed by atoms with Crippen molar-refractivity contribution < 1.29 is 0 Å². The van der Waals surface area contributed by atoms with Crippen LogP contribution in [-0.2, 0) is 6.42 Å². The van der Waals surface area contributed by atoms with E-state index in [0.29, 0.717) is 6.54 Å². The maximum Gasteiger partial charge on any atom is 0.124 e. The first-order valence-corrected chi connectivity index (χ1v) is 7.21. The van der Waals surface area contributed by atoms with Crippen molar-refractivity contribution in [3.05, 3.63) is 53.8 Å². The highest BCUT2D eigenvalue weighted by molar-refractivity contribution is 7.15. The second-order valence-electron chi connectivity index (χ2n) is 4.28. The van der Waals surface area contributed by atoms with E-state index in [1.807, 2.05) is 30.3 Å². The van der Waals surface area contributed by atoms with Gasteiger partial charge in [-0.25, -0.2) is 4.98 Å². The lowest BCUT2D eigenvalue weighted by Crippen LogP contribution is -2.02. The Kier molecular flexibility index (Phi) is 3.80. The molecule has 0 amide bonds. The average molecular weight is 282 g/mol. The molecule has 0 aromatic carbocycles. The van der Waals surface area contributed by atoms with Crippen molar-refractivity contribution >= 4 is 11.3 Å². The predicted octanol–water partition coefficient (Wildman–Crippen LogP) is 2.77. The lowest BCUT2D eigenvalue weighted by Gasteiger charge is -1.99. The largest absolute Gasteiger partial charge is 0.330 e. The molecule has 0 fully saturated rings. The van der Waals surface area contributed by atoms with Gasteiger partial charge in [0, 0.05) is 29.0 Å². The molecule has 2 N–H and O–H groups in total. The molecule has 0 aliphatic carbocycles. The van der Waals surface area contributed by atoms with E-state index in [1.54, 1.807) is 29.9 Å². The van der Waals surface area contributed by atoms with Crippen molar-refractivity contribution in [2.75, 3.05) is 6.54 Å². The van der Waals surface area contributed by atoms with Gasteiger partial charge in [0.15, 0.2) is 0 Å². The van der Waals surface area contributed by atoms with Crippen molar-refractivity contribution in [1.82, 2.24) is 15.0 Å². The van der Waals surface area contributed by atoms with Crippen LogP contribution < -0.4 is 5.73 Å². The minimum Gasteiger partial charge on any atom is -0.330 e. The Hall–Kier alpha value is -2.11. The number of hydrogen-bond donors (Lipinski definition) is 1. The fraction of sp³-hybridized carbons (Fsp3) is 0.133. The number of pyridine rings is 2. The first-order valence-electron chi connectivity index (χ1n) is 6.40. The van der Waals surface area contributed by atoms with Crippen LogP contribution in [-0.4, -0.2) is 21.5 Å². The molecule has 0 atom stereocenters. The molecule has 0 unspecified atom stereocenters. The zero-order valence-electron chi connectivity index (χ0n) is 10.9. The molecule has 0 radical (unpaired) electrons. The molecule has 100 valence electrons. The number of thiazole rings is 1. The van der Waals surface area contributed by atoms with Gasteiger partial charge in [-0.15, -0.1) is 11.3 Å². The summed E-state index contributed by atoms with van der Waals surface area (Å²) in [4.78, 5) is 14.3. The van der Waals surface area contributed by atoms with E-state index in [1.165, 1.54) is 4.88 Å². The predicted molar refractivity (Wildman–Crippen MR) is 81.3 cm³/mol. The minimum atomic E-state index is 0.609. The van der Waals surface area contributed by atoms with E-state index in [9.17, 15) is 0 Å². The molecular formula is C15H14N4S. The first-order chi connectivity index (χ1) is 9.88. The third-order valence-corrected chi connectivity index (χ3v) is 4.07. The van der Waals surface area contributed by atoms with Crippen molar-refractivity contribution in [3.8, 4) is 22.0 Å². The summed E-state index contributed by atoms with van der Waals surface area (Å²) < 4.78 is 0. The quantitative estimate of drug-likeness (QED) is 0.799. The fourth-order valence-corrected chi connectivity index (χ4v) is 3.06. The minimum absolute atomic E-state index is 0.609. The van der Waals surface area contributed by atoms with Crippen LogP contribution >= 0.6 is 11.3 Å². The Balaban J connectivity index is 2.08. The molecule has 5 heteroatoms. The van der Waals surface area contributed by atoms with Crippen LogP contribution in [0.5, 0.6) is 0 Å². The Labute approximate surface area is 121 Å². The van der Waals surface area contributed by atoms with Gasteiger partial charge >= 0.3 is 0 Å². The van der Waals surface area contributed by atoms with Gasteiger partial charge in [0.2, 0.25) is 0 Å².